The van der Waals surface area contributed by atoms with Gasteiger partial charge in [-0.15, -0.1) is 0 Å². The Balaban J connectivity index is 1.30. The monoisotopic (exact) mass is 429 g/mol. The molecule has 3 atom stereocenters. The second-order valence-corrected chi connectivity index (χ2v) is 10.5. The van der Waals surface area contributed by atoms with Gasteiger partial charge in [-0.2, -0.15) is 0 Å². The third-order valence-electron chi connectivity index (χ3n) is 6.03. The fourth-order valence-corrected chi connectivity index (χ4v) is 5.47. The summed E-state index contributed by atoms with van der Waals surface area (Å²) >= 11 is 0. The zero-order valence-corrected chi connectivity index (χ0v) is 17.8. The number of rotatable bonds is 7. The molecule has 2 N–H and O–H groups in total. The average Bonchev–Trinajstić information content (AvgIpc) is 3.15. The highest BCUT2D eigenvalue weighted by atomic mass is 32.2. The van der Waals surface area contributed by atoms with Crippen LogP contribution in [0.4, 0.5) is 5.69 Å². The number of carbonyl (C=O) groups excluding carboxylic acids is 1. The SMILES string of the molecule is CS(=O)(=O)Nc1ccc(C(=O)CN2C[C@@H]3CC(O)(Cc4ccccc4)C[C@@H]3C2)nc1. The van der Waals surface area contributed by atoms with E-state index in [1.807, 2.05) is 18.2 Å². The number of pyridine rings is 1. The lowest BCUT2D eigenvalue weighted by atomic mass is 9.91. The van der Waals surface area contributed by atoms with E-state index in [4.69, 9.17) is 0 Å². The molecule has 0 bridgehead atoms. The van der Waals surface area contributed by atoms with Crippen LogP contribution < -0.4 is 4.72 Å². The number of ketones is 1. The maximum absolute atomic E-state index is 12.6. The molecule has 1 saturated carbocycles. The molecule has 30 heavy (non-hydrogen) atoms. The van der Waals surface area contributed by atoms with E-state index < -0.39 is 15.6 Å². The third-order valence-corrected chi connectivity index (χ3v) is 6.64. The minimum atomic E-state index is -3.37. The quantitative estimate of drug-likeness (QED) is 0.653. The Hall–Kier alpha value is -2.29. The van der Waals surface area contributed by atoms with Crippen molar-refractivity contribution in [2.45, 2.75) is 24.9 Å². The second kappa shape index (κ2) is 8.09. The number of sulfonamides is 1. The summed E-state index contributed by atoms with van der Waals surface area (Å²) in [5.41, 5.74) is 1.16. The highest BCUT2D eigenvalue weighted by Gasteiger charge is 2.48. The summed E-state index contributed by atoms with van der Waals surface area (Å²) in [5, 5.41) is 11.1. The topological polar surface area (TPSA) is 99.6 Å². The van der Waals surface area contributed by atoms with E-state index in [9.17, 15) is 18.3 Å². The van der Waals surface area contributed by atoms with Gasteiger partial charge in [0.1, 0.15) is 5.69 Å². The molecule has 0 radical (unpaired) electrons. The lowest BCUT2D eigenvalue weighted by Crippen LogP contribution is -2.34. The highest BCUT2D eigenvalue weighted by molar-refractivity contribution is 7.92. The van der Waals surface area contributed by atoms with Crippen LogP contribution in [0.25, 0.3) is 0 Å². The number of likely N-dealkylation sites (tertiary alicyclic amines) is 1. The Morgan fingerprint density at radius 1 is 1.17 bits per heavy atom. The summed E-state index contributed by atoms with van der Waals surface area (Å²) in [6.45, 7) is 1.90. The standard InChI is InChI=1S/C22H27N3O4S/c1-30(28,29)24-19-7-8-20(23-12-19)21(26)15-25-13-17-10-22(27,11-18(17)14-25)9-16-5-3-2-4-6-16/h2-8,12,17-18,24,27H,9-11,13-15H2,1H3/t17-,18+,22?. The zero-order valence-electron chi connectivity index (χ0n) is 17.0. The van der Waals surface area contributed by atoms with Crippen LogP contribution in [0.3, 0.4) is 0 Å². The number of aromatic nitrogens is 1. The van der Waals surface area contributed by atoms with Gasteiger partial charge in [0.25, 0.3) is 0 Å². The Labute approximate surface area is 177 Å². The molecule has 2 aliphatic rings. The van der Waals surface area contributed by atoms with Gasteiger partial charge in [0, 0.05) is 19.5 Å². The number of aliphatic hydroxyl groups is 1. The molecule has 0 spiro atoms. The van der Waals surface area contributed by atoms with E-state index in [2.05, 4.69) is 26.7 Å². The molecule has 4 rings (SSSR count). The van der Waals surface area contributed by atoms with E-state index in [-0.39, 0.29) is 12.3 Å². The number of hydrogen-bond donors (Lipinski definition) is 2. The number of benzene rings is 1. The lowest BCUT2D eigenvalue weighted by molar-refractivity contribution is 0.0355. The van der Waals surface area contributed by atoms with Crippen molar-refractivity contribution in [3.8, 4) is 0 Å². The van der Waals surface area contributed by atoms with Crippen LogP contribution >= 0.6 is 0 Å². The van der Waals surface area contributed by atoms with E-state index in [0.29, 0.717) is 29.6 Å². The highest BCUT2D eigenvalue weighted by Crippen LogP contribution is 2.45. The summed E-state index contributed by atoms with van der Waals surface area (Å²) < 4.78 is 24.9. The number of anilines is 1. The molecule has 1 aliphatic carbocycles. The van der Waals surface area contributed by atoms with Gasteiger partial charge in [0.2, 0.25) is 10.0 Å². The molecule has 1 unspecified atom stereocenters. The number of carbonyl (C=O) groups is 1. The van der Waals surface area contributed by atoms with Gasteiger partial charge in [0.15, 0.2) is 5.78 Å². The predicted molar refractivity (Wildman–Crippen MR) is 115 cm³/mol. The maximum Gasteiger partial charge on any atom is 0.229 e. The number of hydrogen-bond acceptors (Lipinski definition) is 6. The van der Waals surface area contributed by atoms with E-state index in [1.54, 1.807) is 12.1 Å². The normalized spacial score (nSPS) is 26.5. The largest absolute Gasteiger partial charge is 0.390 e. The molecule has 8 heteroatoms. The first-order chi connectivity index (χ1) is 14.2. The van der Waals surface area contributed by atoms with Crippen molar-refractivity contribution in [1.82, 2.24) is 9.88 Å². The Morgan fingerprint density at radius 2 is 1.83 bits per heavy atom. The van der Waals surface area contributed by atoms with Gasteiger partial charge in [0.05, 0.1) is 30.3 Å². The summed E-state index contributed by atoms with van der Waals surface area (Å²) in [6, 6.07) is 13.2. The van der Waals surface area contributed by atoms with Gasteiger partial charge in [-0.3, -0.25) is 19.4 Å². The van der Waals surface area contributed by atoms with Crippen molar-refractivity contribution >= 4 is 21.5 Å². The zero-order chi connectivity index (χ0) is 21.4. The van der Waals surface area contributed by atoms with Crippen LogP contribution in [-0.2, 0) is 16.4 Å². The fraction of sp³-hybridized carbons (Fsp3) is 0.455. The molecule has 1 aromatic heterocycles. The third kappa shape index (κ3) is 5.06. The van der Waals surface area contributed by atoms with Gasteiger partial charge in [-0.1, -0.05) is 30.3 Å². The Kier molecular flexibility index (Phi) is 5.65. The number of nitrogens with one attached hydrogen (secondary N) is 1. The number of Topliss-reactive ketones (excluding diaryl/α,β-unsaturated/α-hetero) is 1. The number of nitrogens with zero attached hydrogens (tertiary/aromatic N) is 2. The van der Waals surface area contributed by atoms with Gasteiger partial charge >= 0.3 is 0 Å². The van der Waals surface area contributed by atoms with E-state index in [1.165, 1.54) is 6.20 Å². The van der Waals surface area contributed by atoms with Crippen LogP contribution in [-0.4, -0.2) is 60.7 Å². The summed E-state index contributed by atoms with van der Waals surface area (Å²) in [7, 11) is -3.37. The van der Waals surface area contributed by atoms with Crippen molar-refractivity contribution in [3.63, 3.8) is 0 Å². The molecule has 1 aliphatic heterocycles. The molecular formula is C22H27N3O4S. The first-order valence-electron chi connectivity index (χ1n) is 10.1. The van der Waals surface area contributed by atoms with Gasteiger partial charge in [-0.05, 0) is 42.4 Å². The van der Waals surface area contributed by atoms with Crippen LogP contribution in [0.15, 0.2) is 48.7 Å². The minimum Gasteiger partial charge on any atom is -0.390 e. The molecule has 2 heterocycles. The Morgan fingerprint density at radius 3 is 2.40 bits per heavy atom. The average molecular weight is 430 g/mol. The molecule has 0 amide bonds. The predicted octanol–water partition coefficient (Wildman–Crippen LogP) is 1.95. The van der Waals surface area contributed by atoms with Crippen molar-refractivity contribution in [1.29, 1.82) is 0 Å². The van der Waals surface area contributed by atoms with Crippen molar-refractivity contribution in [2.24, 2.45) is 11.8 Å². The van der Waals surface area contributed by atoms with Gasteiger partial charge in [-0.25, -0.2) is 8.42 Å². The molecule has 7 nitrogen and oxygen atoms in total. The summed E-state index contributed by atoms with van der Waals surface area (Å²) in [4.78, 5) is 18.8. The first kappa shape index (κ1) is 21.0. The van der Waals surface area contributed by atoms with E-state index >= 15 is 0 Å². The van der Waals surface area contributed by atoms with Crippen molar-refractivity contribution in [2.75, 3.05) is 30.6 Å². The number of fused-ring (bicyclic) bond motifs is 1. The Bertz CT molecular complexity index is 994. The van der Waals surface area contributed by atoms with Crippen LogP contribution in [0, 0.1) is 11.8 Å². The van der Waals surface area contributed by atoms with E-state index in [0.717, 1.165) is 37.8 Å². The molecule has 160 valence electrons. The summed E-state index contributed by atoms with van der Waals surface area (Å²) in [6.07, 6.45) is 4.63. The molecule has 1 aromatic carbocycles. The lowest BCUT2D eigenvalue weighted by Gasteiger charge is -2.26. The van der Waals surface area contributed by atoms with Crippen LogP contribution in [0.5, 0.6) is 0 Å². The second-order valence-electron chi connectivity index (χ2n) is 8.74. The molecule has 2 fully saturated rings. The van der Waals surface area contributed by atoms with Gasteiger partial charge < -0.3 is 5.11 Å². The minimum absolute atomic E-state index is 0.0829. The molecule has 1 saturated heterocycles. The first-order valence-corrected chi connectivity index (χ1v) is 12.0. The van der Waals surface area contributed by atoms with Crippen LogP contribution in [0.2, 0.25) is 0 Å². The maximum atomic E-state index is 12.6. The van der Waals surface area contributed by atoms with Crippen molar-refractivity contribution < 1.29 is 18.3 Å². The summed E-state index contributed by atoms with van der Waals surface area (Å²) in [5.74, 6) is 0.724. The smallest absolute Gasteiger partial charge is 0.229 e. The molecular weight excluding hydrogens is 402 g/mol. The van der Waals surface area contributed by atoms with Crippen molar-refractivity contribution in [3.05, 3.63) is 59.9 Å². The van der Waals surface area contributed by atoms with Crippen LogP contribution in [0.1, 0.15) is 28.9 Å². The molecule has 2 aromatic rings. The fourth-order valence-electron chi connectivity index (χ4n) is 4.92.